The predicted octanol–water partition coefficient (Wildman–Crippen LogP) is -0.871. The van der Waals surface area contributed by atoms with Crippen LogP contribution in [0.15, 0.2) is 24.3 Å². The maximum absolute atomic E-state index is 11.8. The molecule has 1 aromatic rings. The van der Waals surface area contributed by atoms with Gasteiger partial charge in [0.15, 0.2) is 0 Å². The van der Waals surface area contributed by atoms with Crippen molar-refractivity contribution in [2.75, 3.05) is 0 Å². The Morgan fingerprint density at radius 3 is 1.75 bits per heavy atom. The Hall–Kier alpha value is 0.0662. The zero-order valence-corrected chi connectivity index (χ0v) is 8.20. The molecule has 0 amide bonds. The van der Waals surface area contributed by atoms with Gasteiger partial charge in [-0.25, -0.2) is 0 Å². The standard InChI is InChI=1S/C7H4F3.ClH.Mg/c8-7(9,10)6-4-2-1-3-5-6;;/h2-5H;1H;/q-1;;+2/p-1. The Morgan fingerprint density at radius 2 is 1.50 bits per heavy atom. The van der Waals surface area contributed by atoms with Crippen LogP contribution in [0.4, 0.5) is 13.2 Å². The third kappa shape index (κ3) is 4.18. The fourth-order valence-electron chi connectivity index (χ4n) is 0.576. The molecule has 0 N–H and O–H groups in total. The normalized spacial score (nSPS) is 9.58. The molecule has 12 heavy (non-hydrogen) atoms. The summed E-state index contributed by atoms with van der Waals surface area (Å²) in [6, 6.07) is 6.95. The van der Waals surface area contributed by atoms with Gasteiger partial charge in [-0.1, -0.05) is 5.56 Å². The first kappa shape index (κ1) is 14.6. The average molecular weight is 205 g/mol. The van der Waals surface area contributed by atoms with Crippen LogP contribution in [0.1, 0.15) is 5.56 Å². The van der Waals surface area contributed by atoms with Crippen LogP contribution < -0.4 is 12.4 Å². The molecule has 62 valence electrons. The van der Waals surface area contributed by atoms with E-state index in [-0.39, 0.29) is 35.5 Å². The van der Waals surface area contributed by atoms with Crippen LogP contribution >= 0.6 is 0 Å². The number of alkyl halides is 3. The smallest absolute Gasteiger partial charge is 1.00 e. The van der Waals surface area contributed by atoms with Crippen LogP contribution in [-0.2, 0) is 6.18 Å². The molecule has 0 spiro atoms. The zero-order chi connectivity index (χ0) is 7.61. The van der Waals surface area contributed by atoms with Crippen LogP contribution in [0, 0.1) is 6.07 Å². The van der Waals surface area contributed by atoms with Gasteiger partial charge in [0.25, 0.3) is 0 Å². The fourth-order valence-corrected chi connectivity index (χ4v) is 0.576. The molecule has 0 bridgehead atoms. The van der Waals surface area contributed by atoms with E-state index in [1.165, 1.54) is 12.1 Å². The molecule has 1 rings (SSSR count). The molecule has 0 atom stereocenters. The summed E-state index contributed by atoms with van der Waals surface area (Å²) in [6.07, 6.45) is -4.23. The number of hydrogen-bond donors (Lipinski definition) is 0. The van der Waals surface area contributed by atoms with Crippen molar-refractivity contribution in [3.63, 3.8) is 0 Å². The topological polar surface area (TPSA) is 0 Å². The van der Waals surface area contributed by atoms with Gasteiger partial charge in [0.2, 0.25) is 0 Å². The monoisotopic (exact) mass is 204 g/mol. The average Bonchev–Trinajstić information content (AvgIpc) is 1.88. The van der Waals surface area contributed by atoms with Crippen molar-refractivity contribution in [1.29, 1.82) is 0 Å². The largest absolute Gasteiger partial charge is 2.00 e. The second kappa shape index (κ2) is 5.67. The third-order valence-corrected chi connectivity index (χ3v) is 1.05. The maximum atomic E-state index is 11.8. The van der Waals surface area contributed by atoms with Crippen molar-refractivity contribution in [2.45, 2.75) is 6.18 Å². The van der Waals surface area contributed by atoms with E-state index in [1.54, 1.807) is 0 Å². The fraction of sp³-hybridized carbons (Fsp3) is 0.143. The van der Waals surface area contributed by atoms with E-state index in [1.807, 2.05) is 0 Å². The molecule has 0 heterocycles. The van der Waals surface area contributed by atoms with Gasteiger partial charge in [-0.15, -0.1) is 0 Å². The minimum atomic E-state index is -4.23. The van der Waals surface area contributed by atoms with Crippen LogP contribution in [0.5, 0.6) is 0 Å². The Bertz CT molecular complexity index is 210. The van der Waals surface area contributed by atoms with Crippen molar-refractivity contribution in [1.82, 2.24) is 0 Å². The molecule has 0 saturated heterocycles. The predicted molar refractivity (Wildman–Crippen MR) is 36.0 cm³/mol. The zero-order valence-electron chi connectivity index (χ0n) is 6.03. The van der Waals surface area contributed by atoms with Gasteiger partial charge < -0.3 is 12.4 Å². The second-order valence-corrected chi connectivity index (χ2v) is 1.79. The minimum absolute atomic E-state index is 0. The molecule has 0 radical (unpaired) electrons. The quantitative estimate of drug-likeness (QED) is 0.381. The SMILES string of the molecule is FC(F)(F)c1cc[c-]cc1.[Cl-].[Mg+2]. The molecule has 0 aliphatic heterocycles. The minimum Gasteiger partial charge on any atom is -1.00 e. The first-order valence-corrected chi connectivity index (χ1v) is 2.64. The Morgan fingerprint density at radius 1 is 1.08 bits per heavy atom. The first-order valence-electron chi connectivity index (χ1n) is 2.64. The van der Waals surface area contributed by atoms with E-state index >= 15 is 0 Å². The van der Waals surface area contributed by atoms with E-state index < -0.39 is 11.7 Å². The Balaban J connectivity index is 0. The molecule has 0 aromatic heterocycles. The van der Waals surface area contributed by atoms with E-state index in [0.717, 1.165) is 12.1 Å². The Labute approximate surface area is 90.7 Å². The van der Waals surface area contributed by atoms with Crippen molar-refractivity contribution in [3.05, 3.63) is 35.9 Å². The van der Waals surface area contributed by atoms with Gasteiger partial charge in [-0.05, 0) is 0 Å². The Kier molecular flexibility index (Phi) is 6.89. The molecule has 0 aliphatic rings. The molecule has 1 aromatic carbocycles. The summed E-state index contributed by atoms with van der Waals surface area (Å²) >= 11 is 0. The van der Waals surface area contributed by atoms with Gasteiger partial charge in [0.1, 0.15) is 0 Å². The summed E-state index contributed by atoms with van der Waals surface area (Å²) in [4.78, 5) is 0. The number of hydrogen-bond acceptors (Lipinski definition) is 0. The summed E-state index contributed by atoms with van der Waals surface area (Å²) in [5.74, 6) is 0. The molecule has 0 aliphatic carbocycles. The number of benzene rings is 1. The van der Waals surface area contributed by atoms with E-state index in [4.69, 9.17) is 0 Å². The van der Waals surface area contributed by atoms with Crippen molar-refractivity contribution >= 4 is 23.1 Å². The third-order valence-electron chi connectivity index (χ3n) is 1.05. The van der Waals surface area contributed by atoms with Crippen molar-refractivity contribution in [2.24, 2.45) is 0 Å². The summed E-state index contributed by atoms with van der Waals surface area (Å²) in [7, 11) is 0. The van der Waals surface area contributed by atoms with E-state index in [2.05, 4.69) is 6.07 Å². The van der Waals surface area contributed by atoms with Crippen LogP contribution in [0.2, 0.25) is 0 Å². The summed E-state index contributed by atoms with van der Waals surface area (Å²) in [5, 5.41) is 0. The molecule has 0 unspecified atom stereocenters. The van der Waals surface area contributed by atoms with Gasteiger partial charge in [-0.2, -0.15) is 43.5 Å². The molecule has 5 heteroatoms. The molecule has 0 nitrogen and oxygen atoms in total. The summed E-state index contributed by atoms with van der Waals surface area (Å²) < 4.78 is 35.3. The molecular formula is C7H4ClF3Mg. The van der Waals surface area contributed by atoms with Gasteiger partial charge >= 0.3 is 29.2 Å². The van der Waals surface area contributed by atoms with Crippen LogP contribution in [-0.4, -0.2) is 23.1 Å². The number of halogens is 4. The van der Waals surface area contributed by atoms with Crippen LogP contribution in [0.3, 0.4) is 0 Å². The summed E-state index contributed by atoms with van der Waals surface area (Å²) in [5.41, 5.74) is -0.633. The van der Waals surface area contributed by atoms with E-state index in [9.17, 15) is 13.2 Å². The van der Waals surface area contributed by atoms with Crippen molar-refractivity contribution in [3.8, 4) is 0 Å². The van der Waals surface area contributed by atoms with Crippen molar-refractivity contribution < 1.29 is 25.6 Å². The summed E-state index contributed by atoms with van der Waals surface area (Å²) in [6.45, 7) is 0. The second-order valence-electron chi connectivity index (χ2n) is 1.79. The maximum Gasteiger partial charge on any atom is 2.00 e. The molecule has 0 saturated carbocycles. The van der Waals surface area contributed by atoms with Gasteiger partial charge in [0, 0.05) is 0 Å². The first-order chi connectivity index (χ1) is 4.61. The number of rotatable bonds is 0. The van der Waals surface area contributed by atoms with Gasteiger partial charge in [0.05, 0.1) is 0 Å². The van der Waals surface area contributed by atoms with Gasteiger partial charge in [-0.3, -0.25) is 0 Å². The molecule has 0 fully saturated rings. The van der Waals surface area contributed by atoms with E-state index in [0.29, 0.717) is 0 Å². The van der Waals surface area contributed by atoms with Crippen LogP contribution in [0.25, 0.3) is 0 Å². The molecular weight excluding hydrogens is 201 g/mol.